The Morgan fingerprint density at radius 2 is 1.49 bits per heavy atom. The van der Waals surface area contributed by atoms with E-state index < -0.39 is 26.3 Å². The number of amides is 1. The van der Waals surface area contributed by atoms with Gasteiger partial charge in [-0.3, -0.25) is 14.7 Å². The number of halogens is 3. The minimum Gasteiger partial charge on any atom is -0.493 e. The molecule has 10 heteroatoms. The quantitative estimate of drug-likeness (QED) is 0.232. The fourth-order valence-electron chi connectivity index (χ4n) is 4.74. The Morgan fingerprint density at radius 1 is 0.946 bits per heavy atom. The molecule has 1 aliphatic rings. The lowest BCUT2D eigenvalue weighted by Gasteiger charge is -2.44. The van der Waals surface area contributed by atoms with Gasteiger partial charge in [0.05, 0.1) is 17.1 Å². The van der Waals surface area contributed by atoms with Gasteiger partial charge in [0.1, 0.15) is 22.7 Å². The zero-order chi connectivity index (χ0) is 27.2. The largest absolute Gasteiger partial charge is 0.493 e. The van der Waals surface area contributed by atoms with Gasteiger partial charge < -0.3 is 4.74 Å². The number of benzene rings is 3. The molecule has 1 amide bonds. The first-order valence-corrected chi connectivity index (χ1v) is 14.4. The number of nitrogens with zero attached hydrogens (tertiary/aromatic N) is 2. The molecule has 0 bridgehead atoms. The van der Waals surface area contributed by atoms with Crippen molar-refractivity contribution in [1.29, 1.82) is 0 Å². The molecule has 194 valence electrons. The fourth-order valence-corrected chi connectivity index (χ4v) is 5.87. The molecule has 4 rings (SSSR count). The van der Waals surface area contributed by atoms with Crippen LogP contribution in [-0.2, 0) is 20.9 Å². The molecule has 1 heterocycles. The summed E-state index contributed by atoms with van der Waals surface area (Å²) in [6.07, 6.45) is 1.12. The van der Waals surface area contributed by atoms with E-state index >= 15 is 0 Å². The molecule has 37 heavy (non-hydrogen) atoms. The van der Waals surface area contributed by atoms with E-state index in [1.54, 1.807) is 37.3 Å². The topological polar surface area (TPSA) is 76.0 Å². The molecule has 1 aliphatic heterocycles. The number of carbonyl (C=O) groups is 1. The van der Waals surface area contributed by atoms with Gasteiger partial charge in [0.25, 0.3) is 0 Å². The molecule has 3 aromatic rings. The summed E-state index contributed by atoms with van der Waals surface area (Å²) >= 11 is 18.7. The minimum atomic E-state index is -3.51. The third-order valence-electron chi connectivity index (χ3n) is 6.85. The monoisotopic (exact) mass is 578 g/mol. The van der Waals surface area contributed by atoms with Crippen molar-refractivity contribution < 1.29 is 17.9 Å². The van der Waals surface area contributed by atoms with Crippen molar-refractivity contribution in [2.24, 2.45) is 4.99 Å². The maximum absolute atomic E-state index is 13.2. The summed E-state index contributed by atoms with van der Waals surface area (Å²) in [5.41, 5.74) is -0.185. The van der Waals surface area contributed by atoms with Crippen LogP contribution >= 0.6 is 34.8 Å². The molecule has 6 nitrogen and oxygen atoms in total. The molecule has 3 aromatic carbocycles. The number of amidine groups is 1. The SMILES string of the molecule is CCOc1cc(S(C)(=O)=O)ccc1C1=N[C@@](C)(c2ccc(Cl)cc2)[C@@](C)(c2ccc(Cl)cc2)N1C(=O)Cl. The van der Waals surface area contributed by atoms with Gasteiger partial charge in [-0.1, -0.05) is 47.5 Å². The van der Waals surface area contributed by atoms with E-state index in [-0.39, 0.29) is 23.1 Å². The van der Waals surface area contributed by atoms with E-state index in [9.17, 15) is 13.2 Å². The number of aliphatic imine (C=N–C) groups is 1. The lowest BCUT2D eigenvalue weighted by Crippen LogP contribution is -2.53. The Balaban J connectivity index is 2.05. The van der Waals surface area contributed by atoms with Crippen LogP contribution in [0.2, 0.25) is 10.0 Å². The van der Waals surface area contributed by atoms with Gasteiger partial charge in [0, 0.05) is 16.3 Å². The second-order valence-electron chi connectivity index (χ2n) is 9.05. The Kier molecular flexibility index (Phi) is 7.38. The van der Waals surface area contributed by atoms with E-state index in [1.807, 2.05) is 38.1 Å². The van der Waals surface area contributed by atoms with Crippen LogP contribution in [0, 0.1) is 0 Å². The zero-order valence-corrected chi connectivity index (χ0v) is 23.7. The lowest BCUT2D eigenvalue weighted by molar-refractivity contribution is 0.149. The molecule has 0 aromatic heterocycles. The number of carbonyl (C=O) groups excluding carboxylic acids is 1. The summed E-state index contributed by atoms with van der Waals surface area (Å²) in [4.78, 5) is 19.8. The second kappa shape index (κ2) is 9.95. The smallest absolute Gasteiger partial charge is 0.322 e. The standard InChI is InChI=1S/C27H25Cl3N2O4S/c1-5-36-23-16-21(37(4,34)35)14-15-22(23)24-31-26(2,17-6-10-19(28)11-7-17)27(3,32(24)25(30)33)18-8-12-20(29)13-9-18/h6-16H,5H2,1-4H3/t26-,27+/m0/s1. The molecule has 0 N–H and O–H groups in total. The van der Waals surface area contributed by atoms with Crippen molar-refractivity contribution in [2.45, 2.75) is 36.7 Å². The van der Waals surface area contributed by atoms with Crippen LogP contribution in [0.25, 0.3) is 0 Å². The van der Waals surface area contributed by atoms with Crippen molar-refractivity contribution in [1.82, 2.24) is 4.90 Å². The second-order valence-corrected chi connectivity index (χ2v) is 12.3. The summed E-state index contributed by atoms with van der Waals surface area (Å²) in [6, 6.07) is 18.9. The van der Waals surface area contributed by atoms with Gasteiger partial charge >= 0.3 is 5.37 Å². The van der Waals surface area contributed by atoms with Crippen LogP contribution in [0.15, 0.2) is 76.6 Å². The molecule has 0 aliphatic carbocycles. The molecule has 0 spiro atoms. The molecule has 2 atom stereocenters. The Labute approximate surface area is 231 Å². The number of sulfone groups is 1. The van der Waals surface area contributed by atoms with Gasteiger partial charge in [-0.25, -0.2) is 8.42 Å². The van der Waals surface area contributed by atoms with E-state index in [2.05, 4.69) is 0 Å². The Hall–Kier alpha value is -2.58. The molecule has 0 unspecified atom stereocenters. The molecular weight excluding hydrogens is 555 g/mol. The average Bonchev–Trinajstić information content (AvgIpc) is 3.08. The van der Waals surface area contributed by atoms with Crippen LogP contribution in [0.5, 0.6) is 5.75 Å². The average molecular weight is 580 g/mol. The van der Waals surface area contributed by atoms with E-state index in [0.717, 1.165) is 17.4 Å². The van der Waals surface area contributed by atoms with E-state index in [0.29, 0.717) is 15.6 Å². The number of hydrogen-bond acceptors (Lipinski definition) is 5. The first-order valence-electron chi connectivity index (χ1n) is 11.4. The minimum absolute atomic E-state index is 0.0861. The highest BCUT2D eigenvalue weighted by Gasteiger charge is 2.59. The van der Waals surface area contributed by atoms with Crippen molar-refractivity contribution in [3.8, 4) is 5.75 Å². The Bertz CT molecular complexity index is 1490. The van der Waals surface area contributed by atoms with Crippen molar-refractivity contribution in [2.75, 3.05) is 12.9 Å². The van der Waals surface area contributed by atoms with Gasteiger partial charge in [-0.15, -0.1) is 0 Å². The Morgan fingerprint density at radius 3 is 1.97 bits per heavy atom. The predicted molar refractivity (Wildman–Crippen MR) is 148 cm³/mol. The molecular formula is C27H25Cl3N2O4S. The molecule has 0 radical (unpaired) electrons. The highest BCUT2D eigenvalue weighted by molar-refractivity contribution is 7.90. The molecule has 0 saturated carbocycles. The van der Waals surface area contributed by atoms with Gasteiger partial charge in [-0.05, 0) is 86.0 Å². The summed E-state index contributed by atoms with van der Waals surface area (Å²) in [7, 11) is -3.51. The van der Waals surface area contributed by atoms with Gasteiger partial charge in [-0.2, -0.15) is 0 Å². The van der Waals surface area contributed by atoms with Crippen LogP contribution in [0.1, 0.15) is 37.5 Å². The molecule has 0 fully saturated rings. The number of ether oxygens (including phenoxy) is 1. The highest BCUT2D eigenvalue weighted by Crippen LogP contribution is 2.54. The predicted octanol–water partition coefficient (Wildman–Crippen LogP) is 7.05. The van der Waals surface area contributed by atoms with E-state index in [4.69, 9.17) is 44.5 Å². The first-order chi connectivity index (χ1) is 17.3. The molecule has 0 saturated heterocycles. The summed E-state index contributed by atoms with van der Waals surface area (Å²) in [5, 5.41) is 0.338. The van der Waals surface area contributed by atoms with Crippen molar-refractivity contribution in [3.05, 3.63) is 93.5 Å². The normalized spacial score (nSPS) is 21.6. The summed E-state index contributed by atoms with van der Waals surface area (Å²) < 4.78 is 30.3. The van der Waals surface area contributed by atoms with Crippen LogP contribution in [-0.4, -0.2) is 37.4 Å². The third kappa shape index (κ3) is 4.74. The summed E-state index contributed by atoms with van der Waals surface area (Å²) in [5.74, 6) is 0.518. The lowest BCUT2D eigenvalue weighted by atomic mass is 9.71. The number of hydrogen-bond donors (Lipinski definition) is 0. The highest BCUT2D eigenvalue weighted by atomic mass is 35.5. The van der Waals surface area contributed by atoms with Crippen molar-refractivity contribution >= 4 is 55.8 Å². The fraction of sp³-hybridized carbons (Fsp3) is 0.259. The van der Waals surface area contributed by atoms with E-state index in [1.165, 1.54) is 17.0 Å². The number of rotatable bonds is 6. The maximum Gasteiger partial charge on any atom is 0.322 e. The summed E-state index contributed by atoms with van der Waals surface area (Å²) in [6.45, 7) is 5.85. The van der Waals surface area contributed by atoms with Crippen LogP contribution in [0.4, 0.5) is 4.79 Å². The van der Waals surface area contributed by atoms with Crippen LogP contribution in [0.3, 0.4) is 0 Å². The van der Waals surface area contributed by atoms with Crippen LogP contribution < -0.4 is 4.74 Å². The third-order valence-corrected chi connectivity index (χ3v) is 8.63. The maximum atomic E-state index is 13.2. The van der Waals surface area contributed by atoms with Crippen molar-refractivity contribution in [3.63, 3.8) is 0 Å². The first kappa shape index (κ1) is 27.5. The zero-order valence-electron chi connectivity index (χ0n) is 20.6. The van der Waals surface area contributed by atoms with Gasteiger partial charge in [0.15, 0.2) is 9.84 Å². The van der Waals surface area contributed by atoms with Gasteiger partial charge in [0.2, 0.25) is 0 Å².